The largest absolute Gasteiger partial charge is 0.330 e. The molecule has 0 radical (unpaired) electrons. The van der Waals surface area contributed by atoms with E-state index in [1.54, 1.807) is 0 Å². The third-order valence-corrected chi connectivity index (χ3v) is 4.33. The third kappa shape index (κ3) is 2.71. The fraction of sp³-hybridized carbons (Fsp3) is 0.786. The van der Waals surface area contributed by atoms with Crippen molar-refractivity contribution in [2.45, 2.75) is 52.0 Å². The van der Waals surface area contributed by atoms with Crippen molar-refractivity contribution in [1.82, 2.24) is 9.78 Å². The highest BCUT2D eigenvalue weighted by Crippen LogP contribution is 2.35. The van der Waals surface area contributed by atoms with Gasteiger partial charge >= 0.3 is 0 Å². The molecule has 2 rings (SSSR count). The van der Waals surface area contributed by atoms with Crippen LogP contribution < -0.4 is 5.73 Å². The van der Waals surface area contributed by atoms with E-state index in [-0.39, 0.29) is 0 Å². The minimum absolute atomic E-state index is 0.565. The van der Waals surface area contributed by atoms with Gasteiger partial charge in [-0.1, -0.05) is 13.8 Å². The lowest BCUT2D eigenvalue weighted by atomic mass is 9.71. The molecule has 1 fully saturated rings. The van der Waals surface area contributed by atoms with Crippen LogP contribution in [0.15, 0.2) is 12.3 Å². The lowest BCUT2D eigenvalue weighted by Gasteiger charge is -2.35. The first-order valence-corrected chi connectivity index (χ1v) is 7.02. The molecule has 96 valence electrons. The molecule has 0 bridgehead atoms. The molecular formula is C14H25N3. The lowest BCUT2D eigenvalue weighted by molar-refractivity contribution is 0.181. The first-order valence-electron chi connectivity index (χ1n) is 7.02. The normalized spacial score (nSPS) is 24.0. The molecule has 2 unspecified atom stereocenters. The van der Waals surface area contributed by atoms with E-state index in [4.69, 9.17) is 10.8 Å². The van der Waals surface area contributed by atoms with E-state index in [2.05, 4.69) is 30.8 Å². The summed E-state index contributed by atoms with van der Waals surface area (Å²) in [6, 6.07) is 2.75. The number of nitrogens with zero attached hydrogens (tertiary/aromatic N) is 2. The Bertz CT molecular complexity index is 339. The van der Waals surface area contributed by atoms with Crippen molar-refractivity contribution in [1.29, 1.82) is 0 Å². The summed E-state index contributed by atoms with van der Waals surface area (Å²) in [6.07, 6.45) is 8.23. The van der Waals surface area contributed by atoms with Crippen molar-refractivity contribution in [3.8, 4) is 0 Å². The maximum atomic E-state index is 5.75. The summed E-state index contributed by atoms with van der Waals surface area (Å²) >= 11 is 0. The van der Waals surface area contributed by atoms with Crippen LogP contribution in [-0.2, 0) is 6.42 Å². The average Bonchev–Trinajstić information content (AvgIpc) is 2.76. The minimum atomic E-state index is 0.565. The van der Waals surface area contributed by atoms with Crippen LogP contribution in [0.25, 0.3) is 0 Å². The van der Waals surface area contributed by atoms with Gasteiger partial charge in [-0.05, 0) is 56.6 Å². The van der Waals surface area contributed by atoms with Crippen LogP contribution in [0.2, 0.25) is 0 Å². The first kappa shape index (κ1) is 12.6. The Morgan fingerprint density at radius 2 is 2.06 bits per heavy atom. The van der Waals surface area contributed by atoms with Gasteiger partial charge in [0.2, 0.25) is 0 Å². The van der Waals surface area contributed by atoms with Gasteiger partial charge < -0.3 is 5.73 Å². The fourth-order valence-corrected chi connectivity index (χ4v) is 2.84. The number of aromatic nitrogens is 2. The van der Waals surface area contributed by atoms with Crippen LogP contribution >= 0.6 is 0 Å². The Balaban J connectivity index is 1.94. The van der Waals surface area contributed by atoms with Crippen molar-refractivity contribution in [3.63, 3.8) is 0 Å². The molecule has 1 heterocycles. The molecule has 0 aliphatic heterocycles. The molecule has 0 spiro atoms. The molecule has 1 aliphatic carbocycles. The smallest absolute Gasteiger partial charge is 0.0627 e. The van der Waals surface area contributed by atoms with E-state index >= 15 is 0 Å². The summed E-state index contributed by atoms with van der Waals surface area (Å²) in [5.41, 5.74) is 7.00. The van der Waals surface area contributed by atoms with Gasteiger partial charge in [-0.15, -0.1) is 0 Å². The van der Waals surface area contributed by atoms with E-state index in [1.807, 2.05) is 0 Å². The van der Waals surface area contributed by atoms with Crippen LogP contribution in [0, 0.1) is 11.8 Å². The van der Waals surface area contributed by atoms with Gasteiger partial charge in [-0.3, -0.25) is 4.68 Å². The zero-order valence-corrected chi connectivity index (χ0v) is 11.1. The molecular weight excluding hydrogens is 210 g/mol. The van der Waals surface area contributed by atoms with E-state index in [0.717, 1.165) is 37.6 Å². The summed E-state index contributed by atoms with van der Waals surface area (Å²) < 4.78 is 2.14. The molecule has 1 saturated carbocycles. The van der Waals surface area contributed by atoms with Gasteiger partial charge in [0.15, 0.2) is 0 Å². The quantitative estimate of drug-likeness (QED) is 0.824. The molecule has 0 aromatic carbocycles. The Morgan fingerprint density at radius 1 is 1.35 bits per heavy atom. The van der Waals surface area contributed by atoms with E-state index < -0.39 is 0 Å². The highest BCUT2D eigenvalue weighted by molar-refractivity contribution is 5.03. The number of rotatable bonds is 6. The summed E-state index contributed by atoms with van der Waals surface area (Å²) in [5.74, 6) is 1.53. The average molecular weight is 235 g/mol. The van der Waals surface area contributed by atoms with Gasteiger partial charge in [-0.25, -0.2) is 0 Å². The Kier molecular flexibility index (Phi) is 4.21. The maximum absolute atomic E-state index is 5.75. The van der Waals surface area contributed by atoms with Crippen molar-refractivity contribution in [2.75, 3.05) is 6.54 Å². The van der Waals surface area contributed by atoms with Crippen LogP contribution in [0.3, 0.4) is 0 Å². The molecule has 0 saturated heterocycles. The van der Waals surface area contributed by atoms with Crippen LogP contribution in [0.4, 0.5) is 0 Å². The van der Waals surface area contributed by atoms with Crippen LogP contribution in [-0.4, -0.2) is 16.3 Å². The zero-order chi connectivity index (χ0) is 12.3. The highest BCUT2D eigenvalue weighted by atomic mass is 15.3. The second-order valence-corrected chi connectivity index (χ2v) is 5.29. The maximum Gasteiger partial charge on any atom is 0.0627 e. The number of hydrogen-bond acceptors (Lipinski definition) is 2. The fourth-order valence-electron chi connectivity index (χ4n) is 2.84. The predicted molar refractivity (Wildman–Crippen MR) is 70.8 cm³/mol. The van der Waals surface area contributed by atoms with Crippen LogP contribution in [0.1, 0.15) is 51.3 Å². The van der Waals surface area contributed by atoms with Crippen LogP contribution in [0.5, 0.6) is 0 Å². The van der Waals surface area contributed by atoms with Crippen molar-refractivity contribution in [3.05, 3.63) is 18.0 Å². The molecule has 1 aromatic rings. The van der Waals surface area contributed by atoms with Gasteiger partial charge in [0.1, 0.15) is 0 Å². The number of hydrogen-bond donors (Lipinski definition) is 1. The molecule has 2 atom stereocenters. The molecule has 1 aliphatic rings. The van der Waals surface area contributed by atoms with E-state index in [1.165, 1.54) is 18.5 Å². The zero-order valence-electron chi connectivity index (χ0n) is 11.1. The Morgan fingerprint density at radius 3 is 2.59 bits per heavy atom. The van der Waals surface area contributed by atoms with Crippen molar-refractivity contribution in [2.24, 2.45) is 17.6 Å². The second kappa shape index (κ2) is 5.67. The van der Waals surface area contributed by atoms with E-state index in [0.29, 0.717) is 6.04 Å². The minimum Gasteiger partial charge on any atom is -0.330 e. The third-order valence-electron chi connectivity index (χ3n) is 4.33. The first-order chi connectivity index (χ1) is 8.28. The predicted octanol–water partition coefficient (Wildman–Crippen LogP) is 2.77. The Labute approximate surface area is 104 Å². The van der Waals surface area contributed by atoms with Crippen molar-refractivity contribution >= 4 is 0 Å². The summed E-state index contributed by atoms with van der Waals surface area (Å²) in [5, 5.41) is 4.72. The summed E-state index contributed by atoms with van der Waals surface area (Å²) in [4.78, 5) is 0. The van der Waals surface area contributed by atoms with Gasteiger partial charge in [0.05, 0.1) is 11.7 Å². The Hall–Kier alpha value is -0.830. The SMILES string of the molecule is CCC(CC)n1ccc(CC2CCC2CN)n1. The highest BCUT2D eigenvalue weighted by Gasteiger charge is 2.30. The standard InChI is InChI=1S/C14H25N3/c1-3-14(4-2)17-8-7-13(16-17)9-11-5-6-12(11)10-15/h7-8,11-12,14H,3-6,9-10,15H2,1-2H3. The van der Waals surface area contributed by atoms with Gasteiger partial charge in [0.25, 0.3) is 0 Å². The lowest BCUT2D eigenvalue weighted by Crippen LogP contribution is -2.33. The van der Waals surface area contributed by atoms with Gasteiger partial charge in [-0.2, -0.15) is 5.10 Å². The van der Waals surface area contributed by atoms with E-state index in [9.17, 15) is 0 Å². The molecule has 2 N–H and O–H groups in total. The topological polar surface area (TPSA) is 43.8 Å². The van der Waals surface area contributed by atoms with Gasteiger partial charge in [0, 0.05) is 6.20 Å². The molecule has 3 heteroatoms. The monoisotopic (exact) mass is 235 g/mol. The molecule has 3 nitrogen and oxygen atoms in total. The second-order valence-electron chi connectivity index (χ2n) is 5.29. The number of nitrogens with two attached hydrogens (primary N) is 1. The van der Waals surface area contributed by atoms with Crippen molar-refractivity contribution < 1.29 is 0 Å². The molecule has 1 aromatic heterocycles. The summed E-state index contributed by atoms with van der Waals surface area (Å²) in [7, 11) is 0. The molecule has 0 amide bonds. The summed E-state index contributed by atoms with van der Waals surface area (Å²) in [6.45, 7) is 5.30. The molecule has 17 heavy (non-hydrogen) atoms.